The van der Waals surface area contributed by atoms with Gasteiger partial charge in [0.2, 0.25) is 0 Å². The molecule has 1 saturated heterocycles. The Balaban J connectivity index is 1.51. The number of nitro groups is 1. The van der Waals surface area contributed by atoms with Crippen LogP contribution in [-0.4, -0.2) is 19.9 Å². The van der Waals surface area contributed by atoms with Gasteiger partial charge >= 0.3 is 0 Å². The van der Waals surface area contributed by atoms with E-state index in [0.29, 0.717) is 17.4 Å². The van der Waals surface area contributed by atoms with Crippen LogP contribution in [0.3, 0.4) is 0 Å². The van der Waals surface area contributed by atoms with Crippen LogP contribution in [0.5, 0.6) is 0 Å². The van der Waals surface area contributed by atoms with Gasteiger partial charge in [0.25, 0.3) is 5.69 Å². The van der Waals surface area contributed by atoms with Crippen molar-refractivity contribution >= 4 is 23.0 Å². The number of furan rings is 1. The van der Waals surface area contributed by atoms with E-state index in [1.54, 1.807) is 18.3 Å². The van der Waals surface area contributed by atoms with Crippen LogP contribution in [0.4, 0.5) is 5.69 Å². The van der Waals surface area contributed by atoms with E-state index in [1.807, 2.05) is 48.5 Å². The molecule has 2 unspecified atom stereocenters. The van der Waals surface area contributed by atoms with Gasteiger partial charge in [0, 0.05) is 30.4 Å². The number of aromatic nitrogens is 1. The zero-order valence-corrected chi connectivity index (χ0v) is 18.3. The number of nitro benzene ring substituents is 1. The molecule has 2 aromatic heterocycles. The van der Waals surface area contributed by atoms with Crippen LogP contribution in [0.25, 0.3) is 11.3 Å². The molecule has 5 rings (SSSR count). The maximum atomic E-state index is 11.0. The third kappa shape index (κ3) is 4.20. The average molecular weight is 457 g/mol. The molecule has 1 fully saturated rings. The summed E-state index contributed by atoms with van der Waals surface area (Å²) >= 11 is 5.71. The molecule has 0 aliphatic carbocycles. The summed E-state index contributed by atoms with van der Waals surface area (Å²) in [5, 5.41) is 15.0. The fourth-order valence-electron chi connectivity index (χ4n) is 4.08. The molecule has 33 heavy (non-hydrogen) atoms. The molecular weight excluding hydrogens is 436 g/mol. The predicted molar refractivity (Wildman–Crippen MR) is 128 cm³/mol. The largest absolute Gasteiger partial charge is 0.459 e. The predicted octanol–water partition coefficient (Wildman–Crippen LogP) is 5.42. The van der Waals surface area contributed by atoms with Crippen LogP contribution < -0.4 is 5.32 Å². The summed E-state index contributed by atoms with van der Waals surface area (Å²) in [6.07, 6.45) is 1.77. The van der Waals surface area contributed by atoms with Gasteiger partial charge < -0.3 is 14.6 Å². The zero-order valence-electron chi connectivity index (χ0n) is 17.5. The second-order valence-electron chi connectivity index (χ2n) is 7.75. The lowest BCUT2D eigenvalue weighted by atomic mass is 10.0. The van der Waals surface area contributed by atoms with E-state index < -0.39 is 4.92 Å². The lowest BCUT2D eigenvalue weighted by Crippen LogP contribution is -2.29. The summed E-state index contributed by atoms with van der Waals surface area (Å²) < 4.78 is 6.28. The molecule has 1 aliphatic heterocycles. The van der Waals surface area contributed by atoms with Crippen molar-refractivity contribution in [2.24, 2.45) is 0 Å². The molecule has 0 spiro atoms. The van der Waals surface area contributed by atoms with Crippen molar-refractivity contribution in [3.8, 4) is 11.3 Å². The van der Waals surface area contributed by atoms with E-state index in [9.17, 15) is 10.1 Å². The van der Waals surface area contributed by atoms with Crippen LogP contribution in [0, 0.1) is 10.1 Å². The van der Waals surface area contributed by atoms with E-state index in [2.05, 4.69) is 27.3 Å². The number of thiocarbonyl (C=S) groups is 1. The molecule has 8 heteroatoms. The third-order valence-corrected chi connectivity index (χ3v) is 6.03. The first kappa shape index (κ1) is 20.8. The minimum atomic E-state index is -0.415. The topological polar surface area (TPSA) is 84.4 Å². The first-order valence-electron chi connectivity index (χ1n) is 10.5. The van der Waals surface area contributed by atoms with E-state index >= 15 is 0 Å². The Morgan fingerprint density at radius 3 is 2.45 bits per heavy atom. The molecule has 164 valence electrons. The Labute approximate surface area is 195 Å². The van der Waals surface area contributed by atoms with Gasteiger partial charge in [-0.1, -0.05) is 36.4 Å². The molecule has 3 heterocycles. The monoisotopic (exact) mass is 456 g/mol. The van der Waals surface area contributed by atoms with Crippen molar-refractivity contribution in [1.29, 1.82) is 0 Å². The summed E-state index contributed by atoms with van der Waals surface area (Å²) in [5.74, 6) is 1.37. The van der Waals surface area contributed by atoms with E-state index in [-0.39, 0.29) is 17.8 Å². The van der Waals surface area contributed by atoms with Crippen LogP contribution >= 0.6 is 12.2 Å². The van der Waals surface area contributed by atoms with Gasteiger partial charge in [-0.05, 0) is 54.2 Å². The maximum absolute atomic E-state index is 11.0. The second kappa shape index (κ2) is 8.84. The standard InChI is InChI=1S/C25H20N4O3S/c30-29(31)19-11-9-18(10-12-19)21-13-14-22(32-21)24-23(20-8-4-5-15-26-20)27-25(33)28(24)16-17-6-2-1-3-7-17/h1-15,23-24H,16H2,(H,27,33). The molecule has 1 N–H and O–H groups in total. The van der Waals surface area contributed by atoms with Gasteiger partial charge in [-0.25, -0.2) is 0 Å². The molecule has 0 saturated carbocycles. The van der Waals surface area contributed by atoms with Gasteiger partial charge in [-0.15, -0.1) is 0 Å². The minimum absolute atomic E-state index is 0.0418. The minimum Gasteiger partial charge on any atom is -0.459 e. The maximum Gasteiger partial charge on any atom is 0.269 e. The van der Waals surface area contributed by atoms with Crippen molar-refractivity contribution in [2.75, 3.05) is 0 Å². The normalized spacial score (nSPS) is 17.7. The quantitative estimate of drug-likeness (QED) is 0.235. The Bertz CT molecular complexity index is 1280. The van der Waals surface area contributed by atoms with E-state index in [1.165, 1.54) is 12.1 Å². The van der Waals surface area contributed by atoms with Gasteiger partial charge in [-0.2, -0.15) is 0 Å². The summed E-state index contributed by atoms with van der Waals surface area (Å²) in [4.78, 5) is 17.2. The highest BCUT2D eigenvalue weighted by molar-refractivity contribution is 7.80. The lowest BCUT2D eigenvalue weighted by molar-refractivity contribution is -0.384. The lowest BCUT2D eigenvalue weighted by Gasteiger charge is -2.26. The van der Waals surface area contributed by atoms with Crippen molar-refractivity contribution < 1.29 is 9.34 Å². The highest BCUT2D eigenvalue weighted by atomic mass is 32.1. The first-order chi connectivity index (χ1) is 16.1. The zero-order chi connectivity index (χ0) is 22.8. The number of rotatable bonds is 6. The molecule has 1 aliphatic rings. The van der Waals surface area contributed by atoms with Crippen molar-refractivity contribution in [2.45, 2.75) is 18.6 Å². The van der Waals surface area contributed by atoms with Gasteiger partial charge in [-0.3, -0.25) is 15.1 Å². The fourth-order valence-corrected chi connectivity index (χ4v) is 4.38. The average Bonchev–Trinajstić information content (AvgIpc) is 3.45. The summed E-state index contributed by atoms with van der Waals surface area (Å²) in [7, 11) is 0. The van der Waals surface area contributed by atoms with Crippen LogP contribution in [-0.2, 0) is 6.54 Å². The summed E-state index contributed by atoms with van der Waals surface area (Å²) in [5.41, 5.74) is 2.81. The third-order valence-electron chi connectivity index (χ3n) is 5.67. The molecule has 0 radical (unpaired) electrons. The second-order valence-corrected chi connectivity index (χ2v) is 8.13. The van der Waals surface area contributed by atoms with E-state index in [0.717, 1.165) is 22.6 Å². The number of benzene rings is 2. The molecule has 2 aromatic carbocycles. The summed E-state index contributed by atoms with van der Waals surface area (Å²) in [6.45, 7) is 0.619. The number of non-ortho nitro benzene ring substituents is 1. The van der Waals surface area contributed by atoms with E-state index in [4.69, 9.17) is 16.6 Å². The highest BCUT2D eigenvalue weighted by Crippen LogP contribution is 2.41. The smallest absolute Gasteiger partial charge is 0.269 e. The number of nitrogens with one attached hydrogen (secondary N) is 1. The fraction of sp³-hybridized carbons (Fsp3) is 0.120. The molecule has 0 amide bonds. The molecular formula is C25H20N4O3S. The van der Waals surface area contributed by atoms with Gasteiger partial charge in [0.05, 0.1) is 16.7 Å². The molecule has 0 bridgehead atoms. The Morgan fingerprint density at radius 1 is 1.00 bits per heavy atom. The van der Waals surface area contributed by atoms with Crippen molar-refractivity contribution in [1.82, 2.24) is 15.2 Å². The van der Waals surface area contributed by atoms with Gasteiger partial charge in [0.1, 0.15) is 17.6 Å². The SMILES string of the molecule is O=[N+]([O-])c1ccc(-c2ccc(C3C(c4ccccn4)NC(=S)N3Cc3ccccc3)o2)cc1. The van der Waals surface area contributed by atoms with Crippen LogP contribution in [0.15, 0.2) is 95.5 Å². The van der Waals surface area contributed by atoms with Gasteiger partial charge in [0.15, 0.2) is 5.11 Å². The molecule has 7 nitrogen and oxygen atoms in total. The van der Waals surface area contributed by atoms with Crippen LogP contribution in [0.1, 0.15) is 29.1 Å². The Kier molecular flexibility index (Phi) is 5.58. The molecule has 2 atom stereocenters. The molecule has 4 aromatic rings. The number of pyridine rings is 1. The summed E-state index contributed by atoms with van der Waals surface area (Å²) in [6, 6.07) is 25.7. The Morgan fingerprint density at radius 2 is 1.76 bits per heavy atom. The van der Waals surface area contributed by atoms with Crippen molar-refractivity contribution in [3.63, 3.8) is 0 Å². The highest BCUT2D eigenvalue weighted by Gasteiger charge is 2.41. The number of hydrogen-bond donors (Lipinski definition) is 1. The number of hydrogen-bond acceptors (Lipinski definition) is 5. The number of nitrogens with zero attached hydrogens (tertiary/aromatic N) is 3. The first-order valence-corrected chi connectivity index (χ1v) is 10.9. The van der Waals surface area contributed by atoms with Crippen molar-refractivity contribution in [3.05, 3.63) is 118 Å². The Hall–Kier alpha value is -4.04. The van der Waals surface area contributed by atoms with Crippen LogP contribution in [0.2, 0.25) is 0 Å².